The minimum Gasteiger partial charge on any atom is -0.355 e. The van der Waals surface area contributed by atoms with E-state index in [0.29, 0.717) is 15.5 Å². The van der Waals surface area contributed by atoms with Crippen molar-refractivity contribution < 1.29 is 4.21 Å². The van der Waals surface area contributed by atoms with E-state index in [1.807, 2.05) is 44.3 Å². The molecular formula is C19H16ClNO2S. The Morgan fingerprint density at radius 2 is 1.75 bits per heavy atom. The van der Waals surface area contributed by atoms with Crippen molar-refractivity contribution in [2.75, 3.05) is 0 Å². The van der Waals surface area contributed by atoms with Crippen molar-refractivity contribution in [3.05, 3.63) is 81.7 Å². The van der Waals surface area contributed by atoms with Gasteiger partial charge in [0, 0.05) is 34.9 Å². The van der Waals surface area contributed by atoms with E-state index in [2.05, 4.69) is 0 Å². The molecule has 0 saturated heterocycles. The monoisotopic (exact) mass is 357 g/mol. The molecule has 0 aliphatic heterocycles. The molecule has 0 amide bonds. The molecule has 0 fully saturated rings. The lowest BCUT2D eigenvalue weighted by atomic mass is 10.0. The van der Waals surface area contributed by atoms with Gasteiger partial charge in [0.15, 0.2) is 0 Å². The first-order chi connectivity index (χ1) is 11.5. The zero-order valence-electron chi connectivity index (χ0n) is 13.3. The minimum atomic E-state index is -1.53. The Kier molecular flexibility index (Phi) is 4.69. The molecule has 0 N–H and O–H groups in total. The third-order valence-electron chi connectivity index (χ3n) is 3.63. The van der Waals surface area contributed by atoms with Gasteiger partial charge >= 0.3 is 0 Å². The molecule has 0 bridgehead atoms. The lowest BCUT2D eigenvalue weighted by Crippen LogP contribution is -2.16. The summed E-state index contributed by atoms with van der Waals surface area (Å²) in [6.07, 6.45) is 3.35. The van der Waals surface area contributed by atoms with Gasteiger partial charge in [-0.3, -0.25) is 4.79 Å². The van der Waals surface area contributed by atoms with E-state index in [0.717, 1.165) is 11.1 Å². The van der Waals surface area contributed by atoms with E-state index in [4.69, 9.17) is 11.6 Å². The Bertz CT molecular complexity index is 960. The number of rotatable bonds is 3. The quantitative estimate of drug-likeness (QED) is 0.705. The van der Waals surface area contributed by atoms with E-state index in [-0.39, 0.29) is 10.3 Å². The normalized spacial score (nSPS) is 12.1. The van der Waals surface area contributed by atoms with Crippen LogP contribution in [0.15, 0.2) is 75.5 Å². The highest BCUT2D eigenvalue weighted by molar-refractivity contribution is 7.85. The van der Waals surface area contributed by atoms with Crippen molar-refractivity contribution in [3.8, 4) is 11.1 Å². The van der Waals surface area contributed by atoms with Gasteiger partial charge in [-0.05, 0) is 42.3 Å². The molecule has 1 atom stereocenters. The van der Waals surface area contributed by atoms with Crippen LogP contribution in [0, 0.1) is 6.92 Å². The number of aromatic nitrogens is 1. The summed E-state index contributed by atoms with van der Waals surface area (Å²) in [5.74, 6) is 0. The predicted octanol–water partition coefficient (Wildman–Crippen LogP) is 4.18. The van der Waals surface area contributed by atoms with Crippen LogP contribution in [0.5, 0.6) is 0 Å². The molecule has 0 radical (unpaired) electrons. The third-order valence-corrected chi connectivity index (χ3v) is 5.24. The van der Waals surface area contributed by atoms with Crippen molar-refractivity contribution in [2.45, 2.75) is 16.7 Å². The molecule has 122 valence electrons. The maximum absolute atomic E-state index is 12.9. The van der Waals surface area contributed by atoms with E-state index < -0.39 is 10.8 Å². The highest BCUT2D eigenvalue weighted by atomic mass is 35.5. The summed E-state index contributed by atoms with van der Waals surface area (Å²) in [5, 5.41) is 0.571. The lowest BCUT2D eigenvalue weighted by Gasteiger charge is -2.10. The number of pyridine rings is 1. The number of benzene rings is 2. The molecule has 3 aromatic rings. The van der Waals surface area contributed by atoms with Crippen molar-refractivity contribution in [2.24, 2.45) is 7.05 Å². The van der Waals surface area contributed by atoms with Crippen LogP contribution >= 0.6 is 11.6 Å². The summed E-state index contributed by atoms with van der Waals surface area (Å²) < 4.78 is 14.6. The zero-order chi connectivity index (χ0) is 17.3. The van der Waals surface area contributed by atoms with Gasteiger partial charge in [0.1, 0.15) is 4.90 Å². The van der Waals surface area contributed by atoms with E-state index in [1.54, 1.807) is 35.2 Å². The SMILES string of the molecule is Cc1cc(Cl)cc(-c2cn(C)cc(S(=O)c3ccccc3)c2=O)c1. The predicted molar refractivity (Wildman–Crippen MR) is 98.0 cm³/mol. The molecule has 24 heavy (non-hydrogen) atoms. The molecule has 0 aliphatic carbocycles. The van der Waals surface area contributed by atoms with E-state index in [9.17, 15) is 9.00 Å². The third kappa shape index (κ3) is 3.35. The van der Waals surface area contributed by atoms with Crippen molar-refractivity contribution in [1.29, 1.82) is 0 Å². The second-order valence-electron chi connectivity index (χ2n) is 5.63. The average molecular weight is 358 g/mol. The molecule has 1 heterocycles. The summed E-state index contributed by atoms with van der Waals surface area (Å²) in [6.45, 7) is 1.92. The van der Waals surface area contributed by atoms with Crippen LogP contribution in [-0.4, -0.2) is 8.78 Å². The van der Waals surface area contributed by atoms with Crippen LogP contribution in [0.4, 0.5) is 0 Å². The molecule has 2 aromatic carbocycles. The Labute approximate surface area is 148 Å². The smallest absolute Gasteiger partial charge is 0.205 e. The first-order valence-electron chi connectivity index (χ1n) is 7.40. The molecule has 1 aromatic heterocycles. The molecule has 0 aliphatic rings. The van der Waals surface area contributed by atoms with Gasteiger partial charge in [-0.25, -0.2) is 4.21 Å². The van der Waals surface area contributed by atoms with Gasteiger partial charge in [0.05, 0.1) is 10.8 Å². The van der Waals surface area contributed by atoms with Crippen LogP contribution in [-0.2, 0) is 17.8 Å². The van der Waals surface area contributed by atoms with Crippen LogP contribution in [0.2, 0.25) is 5.02 Å². The number of nitrogens with zero attached hydrogens (tertiary/aromatic N) is 1. The fourth-order valence-corrected chi connectivity index (χ4v) is 4.06. The van der Waals surface area contributed by atoms with E-state index in [1.165, 1.54) is 0 Å². The first-order valence-corrected chi connectivity index (χ1v) is 8.93. The second-order valence-corrected chi connectivity index (χ2v) is 7.51. The molecular weight excluding hydrogens is 342 g/mol. The van der Waals surface area contributed by atoms with Gasteiger partial charge in [-0.15, -0.1) is 0 Å². The van der Waals surface area contributed by atoms with Crippen LogP contribution < -0.4 is 5.43 Å². The minimum absolute atomic E-state index is 0.239. The molecule has 5 heteroatoms. The fraction of sp³-hybridized carbons (Fsp3) is 0.105. The number of halogens is 1. The summed E-state index contributed by atoms with van der Waals surface area (Å²) >= 11 is 6.12. The summed E-state index contributed by atoms with van der Waals surface area (Å²) in [6, 6.07) is 14.5. The number of aryl methyl sites for hydroxylation is 2. The number of hydrogen-bond donors (Lipinski definition) is 0. The van der Waals surface area contributed by atoms with Crippen molar-refractivity contribution in [3.63, 3.8) is 0 Å². The summed E-state index contributed by atoms with van der Waals surface area (Å²) in [5.41, 5.74) is 1.95. The van der Waals surface area contributed by atoms with Crippen LogP contribution in [0.1, 0.15) is 5.56 Å². The van der Waals surface area contributed by atoms with Gasteiger partial charge in [0.2, 0.25) is 5.43 Å². The van der Waals surface area contributed by atoms with Crippen molar-refractivity contribution >= 4 is 22.4 Å². The standard InChI is InChI=1S/C19H16ClNO2S/c1-13-8-14(10-15(20)9-13)17-11-21(2)12-18(19(17)22)24(23)16-6-4-3-5-7-16/h3-12H,1-2H3. The lowest BCUT2D eigenvalue weighted by molar-refractivity contribution is 0.681. The Balaban J connectivity index is 2.19. The molecule has 1 unspecified atom stereocenters. The van der Waals surface area contributed by atoms with Crippen LogP contribution in [0.25, 0.3) is 11.1 Å². The maximum Gasteiger partial charge on any atom is 0.205 e. The second kappa shape index (κ2) is 6.75. The van der Waals surface area contributed by atoms with Crippen LogP contribution in [0.3, 0.4) is 0 Å². The molecule has 3 rings (SSSR count). The van der Waals surface area contributed by atoms with Crippen molar-refractivity contribution in [1.82, 2.24) is 4.57 Å². The molecule has 0 spiro atoms. The Morgan fingerprint density at radius 1 is 1.04 bits per heavy atom. The maximum atomic E-state index is 12.9. The van der Waals surface area contributed by atoms with Gasteiger partial charge < -0.3 is 4.57 Å². The summed E-state index contributed by atoms with van der Waals surface area (Å²) in [7, 11) is 0.282. The number of hydrogen-bond acceptors (Lipinski definition) is 2. The van der Waals surface area contributed by atoms with E-state index >= 15 is 0 Å². The van der Waals surface area contributed by atoms with Gasteiger partial charge in [-0.2, -0.15) is 0 Å². The Morgan fingerprint density at radius 3 is 2.42 bits per heavy atom. The fourth-order valence-electron chi connectivity index (χ4n) is 2.58. The zero-order valence-corrected chi connectivity index (χ0v) is 14.9. The topological polar surface area (TPSA) is 39.1 Å². The average Bonchev–Trinajstić information content (AvgIpc) is 2.56. The first kappa shape index (κ1) is 16.7. The molecule has 0 saturated carbocycles. The largest absolute Gasteiger partial charge is 0.355 e. The van der Waals surface area contributed by atoms with Gasteiger partial charge in [-0.1, -0.05) is 35.9 Å². The highest BCUT2D eigenvalue weighted by Crippen LogP contribution is 2.24. The summed E-state index contributed by atoms with van der Waals surface area (Å²) in [4.78, 5) is 13.8. The Hall–Kier alpha value is -2.17. The van der Waals surface area contributed by atoms with Gasteiger partial charge in [0.25, 0.3) is 0 Å². The molecule has 3 nitrogen and oxygen atoms in total. The highest BCUT2D eigenvalue weighted by Gasteiger charge is 2.16.